The molecular formula is C11H14N4O5. The van der Waals surface area contributed by atoms with E-state index in [1.54, 1.807) is 13.8 Å². The molecule has 9 nitrogen and oxygen atoms in total. The second-order valence-corrected chi connectivity index (χ2v) is 4.66. The predicted molar refractivity (Wildman–Crippen MR) is 72.8 cm³/mol. The zero-order valence-electron chi connectivity index (χ0n) is 10.9. The van der Waals surface area contributed by atoms with Crippen LogP contribution in [-0.2, 0) is 0 Å². The highest BCUT2D eigenvalue weighted by atomic mass is 16.6. The number of nitrogens with zero attached hydrogens (tertiary/aromatic N) is 3. The van der Waals surface area contributed by atoms with E-state index in [9.17, 15) is 25.3 Å². The maximum atomic E-state index is 10.8. The highest BCUT2D eigenvalue weighted by molar-refractivity contribution is 5.67. The van der Waals surface area contributed by atoms with Crippen LogP contribution in [0.1, 0.15) is 20.3 Å². The smallest absolute Gasteiger partial charge is 0.301 e. The summed E-state index contributed by atoms with van der Waals surface area (Å²) in [7, 11) is 0. The lowest BCUT2D eigenvalue weighted by Crippen LogP contribution is -2.18. The van der Waals surface area contributed by atoms with Crippen molar-refractivity contribution in [3.05, 3.63) is 38.4 Å². The summed E-state index contributed by atoms with van der Waals surface area (Å²) in [5, 5.41) is 34.6. The van der Waals surface area contributed by atoms with Gasteiger partial charge >= 0.3 is 5.69 Å². The van der Waals surface area contributed by atoms with Crippen LogP contribution in [0.25, 0.3) is 0 Å². The number of rotatable bonds is 6. The minimum atomic E-state index is -0.938. The van der Waals surface area contributed by atoms with Crippen LogP contribution in [0.15, 0.2) is 23.3 Å². The Bertz CT molecular complexity index is 550. The van der Waals surface area contributed by atoms with Crippen LogP contribution in [-0.4, -0.2) is 26.8 Å². The average molecular weight is 282 g/mol. The summed E-state index contributed by atoms with van der Waals surface area (Å²) in [6.45, 7) is 3.18. The van der Waals surface area contributed by atoms with E-state index in [0.29, 0.717) is 0 Å². The Morgan fingerprint density at radius 1 is 1.35 bits per heavy atom. The zero-order chi connectivity index (χ0) is 15.3. The quantitative estimate of drug-likeness (QED) is 0.466. The first-order chi connectivity index (χ1) is 9.20. The molecule has 20 heavy (non-hydrogen) atoms. The third kappa shape index (κ3) is 4.61. The van der Waals surface area contributed by atoms with Gasteiger partial charge in [0.05, 0.1) is 21.5 Å². The monoisotopic (exact) mass is 282 g/mol. The summed E-state index contributed by atoms with van der Waals surface area (Å²) in [5.74, 6) is 0. The molecular weight excluding hydrogens is 268 g/mol. The molecule has 0 atom stereocenters. The molecule has 0 radical (unpaired) electrons. The van der Waals surface area contributed by atoms with Crippen molar-refractivity contribution < 1.29 is 15.0 Å². The number of nitro benzene ring substituents is 2. The lowest BCUT2D eigenvalue weighted by atomic mass is 10.1. The third-order valence-corrected chi connectivity index (χ3v) is 2.26. The first-order valence-electron chi connectivity index (χ1n) is 5.63. The largest absolute Gasteiger partial charge is 0.390 e. The fraction of sp³-hybridized carbons (Fsp3) is 0.364. The standard InChI is InChI=1S/C11H14N4O5/c1-11(2,16)5-6-12-13-9-4-3-8(14(17)18)7-10(9)15(19)20/h3-4,6-7,13,16H,5H2,1-2H3/b12-6-. The van der Waals surface area contributed by atoms with Crippen molar-refractivity contribution in [1.82, 2.24) is 0 Å². The number of hydrazone groups is 1. The molecule has 0 aliphatic heterocycles. The number of anilines is 1. The molecule has 9 heteroatoms. The Labute approximate surface area is 114 Å². The van der Waals surface area contributed by atoms with Gasteiger partial charge in [-0.25, -0.2) is 0 Å². The Morgan fingerprint density at radius 2 is 2.00 bits per heavy atom. The van der Waals surface area contributed by atoms with E-state index in [-0.39, 0.29) is 17.8 Å². The molecule has 0 aliphatic carbocycles. The summed E-state index contributed by atoms with van der Waals surface area (Å²) >= 11 is 0. The fourth-order valence-corrected chi connectivity index (χ4v) is 1.26. The molecule has 0 saturated carbocycles. The normalized spacial score (nSPS) is 11.6. The predicted octanol–water partition coefficient (Wildman–Crippen LogP) is 2.06. The van der Waals surface area contributed by atoms with Crippen molar-refractivity contribution in [3.8, 4) is 0 Å². The van der Waals surface area contributed by atoms with Crippen LogP contribution in [0.2, 0.25) is 0 Å². The molecule has 1 aromatic rings. The number of hydrogen-bond acceptors (Lipinski definition) is 7. The van der Waals surface area contributed by atoms with E-state index < -0.39 is 21.1 Å². The van der Waals surface area contributed by atoms with E-state index in [4.69, 9.17) is 0 Å². The summed E-state index contributed by atoms with van der Waals surface area (Å²) in [4.78, 5) is 20.0. The van der Waals surface area contributed by atoms with Crippen LogP contribution in [0.3, 0.4) is 0 Å². The van der Waals surface area contributed by atoms with Crippen molar-refractivity contribution in [2.45, 2.75) is 25.9 Å². The minimum Gasteiger partial charge on any atom is -0.390 e. The number of aliphatic hydroxyl groups is 1. The van der Waals surface area contributed by atoms with Gasteiger partial charge in [0.2, 0.25) is 0 Å². The molecule has 0 heterocycles. The Morgan fingerprint density at radius 3 is 2.50 bits per heavy atom. The van der Waals surface area contributed by atoms with Gasteiger partial charge in [-0.15, -0.1) is 0 Å². The second-order valence-electron chi connectivity index (χ2n) is 4.66. The van der Waals surface area contributed by atoms with E-state index in [1.165, 1.54) is 12.3 Å². The first kappa shape index (κ1) is 15.5. The molecule has 1 rings (SSSR count). The highest BCUT2D eigenvalue weighted by Gasteiger charge is 2.19. The third-order valence-electron chi connectivity index (χ3n) is 2.26. The fourth-order valence-electron chi connectivity index (χ4n) is 1.26. The summed E-state index contributed by atoms with van der Waals surface area (Å²) < 4.78 is 0. The second kappa shape index (κ2) is 6.06. The Kier molecular flexibility index (Phi) is 4.70. The van der Waals surface area contributed by atoms with E-state index >= 15 is 0 Å². The van der Waals surface area contributed by atoms with Gasteiger partial charge in [0.15, 0.2) is 0 Å². The molecule has 0 aromatic heterocycles. The number of non-ortho nitro benzene ring substituents is 1. The van der Waals surface area contributed by atoms with Crippen molar-refractivity contribution in [1.29, 1.82) is 0 Å². The van der Waals surface area contributed by atoms with Crippen molar-refractivity contribution in [3.63, 3.8) is 0 Å². The maximum Gasteiger partial charge on any atom is 0.301 e. The van der Waals surface area contributed by atoms with Crippen LogP contribution in [0, 0.1) is 20.2 Å². The lowest BCUT2D eigenvalue weighted by Gasteiger charge is -2.12. The SMILES string of the molecule is CC(C)(O)C/C=N\Nc1ccc([N+](=O)[O-])cc1[N+](=O)[O-]. The molecule has 2 N–H and O–H groups in total. The van der Waals surface area contributed by atoms with Crippen molar-refractivity contribution in [2.75, 3.05) is 5.43 Å². The summed E-state index contributed by atoms with van der Waals surface area (Å²) in [5.41, 5.74) is 0.707. The van der Waals surface area contributed by atoms with Crippen molar-refractivity contribution in [2.24, 2.45) is 5.10 Å². The van der Waals surface area contributed by atoms with E-state index in [0.717, 1.165) is 12.1 Å². The van der Waals surface area contributed by atoms with E-state index in [2.05, 4.69) is 10.5 Å². The molecule has 0 fully saturated rings. The van der Waals surface area contributed by atoms with Gasteiger partial charge in [-0.3, -0.25) is 25.7 Å². The number of nitro groups is 2. The minimum absolute atomic E-state index is 0.0348. The number of hydrogen-bond donors (Lipinski definition) is 2. The molecule has 0 amide bonds. The van der Waals surface area contributed by atoms with E-state index in [1.807, 2.05) is 0 Å². The van der Waals surface area contributed by atoms with Gasteiger partial charge < -0.3 is 5.11 Å². The molecule has 0 saturated heterocycles. The summed E-state index contributed by atoms with van der Waals surface area (Å²) in [6.07, 6.45) is 1.62. The Balaban J connectivity index is 2.90. The Hall–Kier alpha value is -2.55. The first-order valence-corrected chi connectivity index (χ1v) is 5.63. The number of nitrogens with one attached hydrogen (secondary N) is 1. The molecule has 0 aliphatic rings. The van der Waals surface area contributed by atoms with Gasteiger partial charge in [-0.05, 0) is 19.9 Å². The van der Waals surface area contributed by atoms with Crippen molar-refractivity contribution >= 4 is 23.3 Å². The molecule has 0 spiro atoms. The van der Waals surface area contributed by atoms with Crippen LogP contribution in [0.4, 0.5) is 17.1 Å². The van der Waals surface area contributed by atoms with Gasteiger partial charge in [-0.1, -0.05) is 0 Å². The topological polar surface area (TPSA) is 131 Å². The van der Waals surface area contributed by atoms with Crippen LogP contribution < -0.4 is 5.43 Å². The average Bonchev–Trinajstić information content (AvgIpc) is 2.33. The number of benzene rings is 1. The van der Waals surface area contributed by atoms with Gasteiger partial charge in [-0.2, -0.15) is 5.10 Å². The van der Waals surface area contributed by atoms with Gasteiger partial charge in [0.1, 0.15) is 5.69 Å². The van der Waals surface area contributed by atoms with Gasteiger partial charge in [0.25, 0.3) is 5.69 Å². The molecule has 108 valence electrons. The van der Waals surface area contributed by atoms with Gasteiger partial charge in [0, 0.05) is 18.7 Å². The lowest BCUT2D eigenvalue weighted by molar-refractivity contribution is -0.393. The van der Waals surface area contributed by atoms with Crippen LogP contribution in [0.5, 0.6) is 0 Å². The summed E-state index contributed by atoms with van der Waals surface area (Å²) in [6, 6.07) is 3.20. The molecule has 0 bridgehead atoms. The van der Waals surface area contributed by atoms with Crippen LogP contribution >= 0.6 is 0 Å². The maximum absolute atomic E-state index is 10.8. The zero-order valence-corrected chi connectivity index (χ0v) is 10.9. The molecule has 0 unspecified atom stereocenters. The highest BCUT2D eigenvalue weighted by Crippen LogP contribution is 2.28. The molecule has 1 aromatic carbocycles.